The summed E-state index contributed by atoms with van der Waals surface area (Å²) in [7, 11) is 0. The lowest BCUT2D eigenvalue weighted by molar-refractivity contribution is 0.998. The Hall–Kier alpha value is -2.46. The van der Waals surface area contributed by atoms with Crippen molar-refractivity contribution >= 4 is 17.4 Å². The average Bonchev–Trinajstić information content (AvgIpc) is 3.04. The summed E-state index contributed by atoms with van der Waals surface area (Å²) in [4.78, 5) is 0. The highest BCUT2D eigenvalue weighted by molar-refractivity contribution is 8.02. The van der Waals surface area contributed by atoms with Gasteiger partial charge >= 0.3 is 0 Å². The van der Waals surface area contributed by atoms with Crippen molar-refractivity contribution in [1.29, 1.82) is 0 Å². The first kappa shape index (κ1) is 19.6. The van der Waals surface area contributed by atoms with E-state index in [1.165, 1.54) is 5.56 Å². The molecule has 2 rings (SSSR count). The summed E-state index contributed by atoms with van der Waals surface area (Å²) in [6.45, 7) is 9.63. The monoisotopic (exact) mass is 339 g/mol. The van der Waals surface area contributed by atoms with Gasteiger partial charge in [0.25, 0.3) is 0 Å². The third-order valence-corrected chi connectivity index (χ3v) is 3.53. The van der Waals surface area contributed by atoms with E-state index in [0.29, 0.717) is 0 Å². The number of hydrogen-bond acceptors (Lipinski definition) is 3. The zero-order valence-corrected chi connectivity index (χ0v) is 14.9. The molecule has 0 bridgehead atoms. The number of nitrogens with one attached hydrogen (secondary N) is 1. The summed E-state index contributed by atoms with van der Waals surface area (Å²) in [6, 6.07) is 9.75. The van der Waals surface area contributed by atoms with Crippen LogP contribution in [0.1, 0.15) is 11.3 Å². The van der Waals surface area contributed by atoms with E-state index in [2.05, 4.69) is 29.4 Å². The maximum atomic E-state index is 5.46. The van der Waals surface area contributed by atoms with E-state index in [-0.39, 0.29) is 0 Å². The largest absolute Gasteiger partial charge is 0.399 e. The summed E-state index contributed by atoms with van der Waals surface area (Å²) < 4.78 is 0. The molecule has 2 aromatic rings. The number of H-pyrrole nitrogens is 1. The molecule has 0 unspecified atom stereocenters. The zero-order chi connectivity index (χ0) is 17.6. The lowest BCUT2D eigenvalue weighted by Crippen LogP contribution is -1.86. The minimum Gasteiger partial charge on any atom is -0.399 e. The van der Waals surface area contributed by atoms with Gasteiger partial charge in [-0.25, -0.2) is 0 Å². The Morgan fingerprint density at radius 3 is 2.75 bits per heavy atom. The molecule has 0 aliphatic heterocycles. The van der Waals surface area contributed by atoms with Gasteiger partial charge in [-0.3, -0.25) is 5.10 Å². The first-order chi connectivity index (χ1) is 11.6. The molecule has 1 aromatic heterocycles. The van der Waals surface area contributed by atoms with Gasteiger partial charge in [0.05, 0.1) is 0 Å². The second-order valence-electron chi connectivity index (χ2n) is 5.12. The Morgan fingerprint density at radius 1 is 1.33 bits per heavy atom. The van der Waals surface area contributed by atoms with Crippen LogP contribution in [-0.2, 0) is 6.42 Å². The molecule has 0 atom stereocenters. The van der Waals surface area contributed by atoms with Crippen molar-refractivity contribution in [1.82, 2.24) is 10.2 Å². The van der Waals surface area contributed by atoms with Crippen molar-refractivity contribution in [2.45, 2.75) is 13.3 Å². The molecule has 3 N–H and O–H groups in total. The van der Waals surface area contributed by atoms with Gasteiger partial charge in [0, 0.05) is 29.8 Å². The van der Waals surface area contributed by atoms with Gasteiger partial charge in [0.2, 0.25) is 0 Å². The second-order valence-corrected chi connectivity index (χ2v) is 6.12. The number of nitrogen functional groups attached to an aromatic ring is 1. The molecule has 4 heteroatoms. The van der Waals surface area contributed by atoms with Crippen molar-refractivity contribution in [3.63, 3.8) is 0 Å². The molecule has 0 fully saturated rings. The molecular weight excluding hydrogens is 314 g/mol. The van der Waals surface area contributed by atoms with Gasteiger partial charge in [-0.15, -0.1) is 11.8 Å². The molecule has 1 aromatic carbocycles. The molecule has 0 saturated carbocycles. The van der Waals surface area contributed by atoms with Gasteiger partial charge in [0.15, 0.2) is 0 Å². The molecule has 0 radical (unpaired) electrons. The van der Waals surface area contributed by atoms with Crippen LogP contribution >= 0.6 is 11.8 Å². The molecule has 0 aliphatic rings. The van der Waals surface area contributed by atoms with Crippen LogP contribution in [0.5, 0.6) is 0 Å². The van der Waals surface area contributed by atoms with E-state index >= 15 is 0 Å². The summed E-state index contributed by atoms with van der Waals surface area (Å²) >= 11 is 1.68. The molecule has 0 amide bonds. The Kier molecular flexibility index (Phi) is 9.81. The lowest BCUT2D eigenvalue weighted by Gasteiger charge is -1.95. The van der Waals surface area contributed by atoms with Crippen molar-refractivity contribution in [3.8, 4) is 0 Å². The predicted molar refractivity (Wildman–Crippen MR) is 108 cm³/mol. The van der Waals surface area contributed by atoms with Crippen molar-refractivity contribution in [2.24, 2.45) is 0 Å². The number of aromatic amines is 1. The maximum absolute atomic E-state index is 5.46. The number of hydrogen-bond donors (Lipinski definition) is 2. The molecule has 0 saturated heterocycles. The highest BCUT2D eigenvalue weighted by Crippen LogP contribution is 2.05. The summed E-state index contributed by atoms with van der Waals surface area (Å²) in [5.74, 6) is 0.959. The SMILES string of the molecule is C=CSC/C=C\C=C/C(=C)Cc1ccn[nH]1.Cc1cccc(N)c1. The van der Waals surface area contributed by atoms with E-state index in [4.69, 9.17) is 5.73 Å². The fraction of sp³-hybridized carbons (Fsp3) is 0.150. The average molecular weight is 340 g/mol. The standard InChI is InChI=1S/C13H16N2S.C7H9N/c1-3-16-10-6-4-5-7-12(2)11-13-8-9-14-15-13;1-6-3-2-4-7(8)5-6/h3-9H,1-2,10-11H2,(H,14,15);2-5H,8H2,1H3/b6-4-,7-5-;. The number of aromatic nitrogens is 2. The first-order valence-corrected chi connectivity index (χ1v) is 8.70. The number of anilines is 1. The van der Waals surface area contributed by atoms with E-state index in [0.717, 1.165) is 29.1 Å². The van der Waals surface area contributed by atoms with Gasteiger partial charge in [-0.2, -0.15) is 5.10 Å². The van der Waals surface area contributed by atoms with E-state index in [1.54, 1.807) is 18.0 Å². The number of thioether (sulfide) groups is 1. The molecule has 0 aliphatic carbocycles. The van der Waals surface area contributed by atoms with Gasteiger partial charge < -0.3 is 5.73 Å². The molecule has 126 valence electrons. The van der Waals surface area contributed by atoms with Crippen LogP contribution in [-0.4, -0.2) is 16.0 Å². The fourth-order valence-electron chi connectivity index (χ4n) is 1.81. The number of nitrogens with two attached hydrogens (primary N) is 1. The van der Waals surface area contributed by atoms with Crippen molar-refractivity contribution in [3.05, 3.63) is 96.2 Å². The molecule has 24 heavy (non-hydrogen) atoms. The Bertz CT molecular complexity index is 653. The Labute approximate surface area is 149 Å². The molecular formula is C20H25N3S. The zero-order valence-electron chi connectivity index (χ0n) is 14.1. The summed E-state index contributed by atoms with van der Waals surface area (Å²) in [6.07, 6.45) is 10.7. The fourth-order valence-corrected chi connectivity index (χ4v) is 2.16. The van der Waals surface area contributed by atoms with Crippen LogP contribution in [0, 0.1) is 6.92 Å². The number of rotatable bonds is 7. The summed E-state index contributed by atoms with van der Waals surface area (Å²) in [5.41, 5.74) is 9.65. The van der Waals surface area contributed by atoms with Crippen LogP contribution in [0.15, 0.2) is 85.0 Å². The van der Waals surface area contributed by atoms with E-state index < -0.39 is 0 Å². The van der Waals surface area contributed by atoms with Crippen LogP contribution in [0.4, 0.5) is 5.69 Å². The van der Waals surface area contributed by atoms with Crippen molar-refractivity contribution < 1.29 is 0 Å². The molecule has 1 heterocycles. The third kappa shape index (κ3) is 9.54. The number of allylic oxidation sites excluding steroid dienone is 4. The first-order valence-electron chi connectivity index (χ1n) is 7.65. The molecule has 0 spiro atoms. The highest BCUT2D eigenvalue weighted by atomic mass is 32.2. The lowest BCUT2D eigenvalue weighted by atomic mass is 10.1. The smallest absolute Gasteiger partial charge is 0.0490 e. The Morgan fingerprint density at radius 2 is 2.17 bits per heavy atom. The normalized spacial score (nSPS) is 10.5. The number of aryl methyl sites for hydroxylation is 1. The van der Waals surface area contributed by atoms with Gasteiger partial charge in [-0.1, -0.05) is 49.6 Å². The van der Waals surface area contributed by atoms with Crippen molar-refractivity contribution in [2.75, 3.05) is 11.5 Å². The Balaban J connectivity index is 0.000000300. The predicted octanol–water partition coefficient (Wildman–Crippen LogP) is 5.07. The maximum Gasteiger partial charge on any atom is 0.0490 e. The van der Waals surface area contributed by atoms with Crippen LogP contribution in [0.2, 0.25) is 0 Å². The minimum atomic E-state index is 0.811. The minimum absolute atomic E-state index is 0.811. The number of benzene rings is 1. The van der Waals surface area contributed by atoms with E-state index in [9.17, 15) is 0 Å². The highest BCUT2D eigenvalue weighted by Gasteiger charge is 1.93. The summed E-state index contributed by atoms with van der Waals surface area (Å²) in [5, 5.41) is 8.64. The van der Waals surface area contributed by atoms with Crippen LogP contribution < -0.4 is 5.73 Å². The topological polar surface area (TPSA) is 54.7 Å². The molecule has 3 nitrogen and oxygen atoms in total. The van der Waals surface area contributed by atoms with E-state index in [1.807, 2.05) is 60.9 Å². The third-order valence-electron chi connectivity index (χ3n) is 2.91. The second kappa shape index (κ2) is 12.0. The number of nitrogens with zero attached hydrogens (tertiary/aromatic N) is 1. The van der Waals surface area contributed by atoms with Crippen LogP contribution in [0.25, 0.3) is 0 Å². The quantitative estimate of drug-likeness (QED) is 0.420. The van der Waals surface area contributed by atoms with Crippen LogP contribution in [0.3, 0.4) is 0 Å². The van der Waals surface area contributed by atoms with Gasteiger partial charge in [-0.05, 0) is 41.7 Å². The van der Waals surface area contributed by atoms with Gasteiger partial charge in [0.1, 0.15) is 0 Å².